The molecular weight excluding hydrogens is 443 g/mol. The van der Waals surface area contributed by atoms with Gasteiger partial charge in [-0.3, -0.25) is 9.69 Å². The third-order valence-corrected chi connectivity index (χ3v) is 5.94. The highest BCUT2D eigenvalue weighted by atomic mass is 32.1. The van der Waals surface area contributed by atoms with Crippen molar-refractivity contribution < 1.29 is 22.7 Å². The van der Waals surface area contributed by atoms with E-state index in [0.29, 0.717) is 25.4 Å². The maximum Gasteiger partial charge on any atom is 0.416 e. The van der Waals surface area contributed by atoms with Gasteiger partial charge in [0, 0.05) is 24.6 Å². The first-order chi connectivity index (χ1) is 15.4. The number of benzene rings is 1. The number of nitrogens with zero attached hydrogens (tertiary/aromatic N) is 4. The lowest BCUT2D eigenvalue weighted by Crippen LogP contribution is -2.37. The fraction of sp³-hybridized carbons (Fsp3) is 0.381. The number of hydrogen-bond donors (Lipinski definition) is 1. The van der Waals surface area contributed by atoms with Crippen LogP contribution in [0.25, 0.3) is 5.69 Å². The van der Waals surface area contributed by atoms with Gasteiger partial charge in [0.05, 0.1) is 29.6 Å². The van der Waals surface area contributed by atoms with Gasteiger partial charge in [0.2, 0.25) is 5.91 Å². The van der Waals surface area contributed by atoms with E-state index in [1.165, 1.54) is 23.4 Å². The van der Waals surface area contributed by atoms with Crippen molar-refractivity contribution in [3.8, 4) is 5.69 Å². The van der Waals surface area contributed by atoms with Crippen molar-refractivity contribution in [1.29, 1.82) is 0 Å². The minimum Gasteiger partial charge on any atom is -0.377 e. The molecule has 1 aromatic carbocycles. The molecule has 0 saturated carbocycles. The molecule has 1 atom stereocenters. The lowest BCUT2D eigenvalue weighted by atomic mass is 10.1. The quantitative estimate of drug-likeness (QED) is 0.545. The highest BCUT2D eigenvalue weighted by Gasteiger charge is 2.31. The van der Waals surface area contributed by atoms with Crippen LogP contribution in [0.3, 0.4) is 0 Å². The Kier molecular flexibility index (Phi) is 6.87. The molecule has 0 unspecified atom stereocenters. The Balaban J connectivity index is 1.52. The summed E-state index contributed by atoms with van der Waals surface area (Å²) in [4.78, 5) is 19.8. The van der Waals surface area contributed by atoms with Gasteiger partial charge in [0.15, 0.2) is 0 Å². The van der Waals surface area contributed by atoms with E-state index in [9.17, 15) is 18.0 Å². The van der Waals surface area contributed by atoms with E-state index in [-0.39, 0.29) is 18.3 Å². The average molecular weight is 466 g/mol. The van der Waals surface area contributed by atoms with Gasteiger partial charge in [0.25, 0.3) is 0 Å². The van der Waals surface area contributed by atoms with Gasteiger partial charge in [0.1, 0.15) is 12.7 Å². The Hall–Kier alpha value is -2.76. The van der Waals surface area contributed by atoms with Crippen molar-refractivity contribution in [2.24, 2.45) is 0 Å². The third-order valence-electron chi connectivity index (χ3n) is 5.08. The number of nitrogens with one attached hydrogen (secondary N) is 1. The van der Waals surface area contributed by atoms with Crippen molar-refractivity contribution in [2.75, 3.05) is 25.0 Å². The summed E-state index contributed by atoms with van der Waals surface area (Å²) in [7, 11) is 0. The standard InChI is InChI=1S/C21H22F3N5O2S/c22-21(23,24)15-5-6-19(29-14-25-13-26-29)18(9-15)27-20(30)12-28(10-16-3-1-7-31-16)11-17-4-2-8-32-17/h2,4-6,8-9,13-14,16H,1,3,7,10-12H2,(H,27,30)/t16-/m0/s1. The zero-order valence-corrected chi connectivity index (χ0v) is 17.9. The molecule has 1 amide bonds. The molecule has 11 heteroatoms. The maximum absolute atomic E-state index is 13.3. The Morgan fingerprint density at radius 1 is 1.34 bits per heavy atom. The van der Waals surface area contributed by atoms with E-state index >= 15 is 0 Å². The van der Waals surface area contributed by atoms with Crippen LogP contribution in [0.1, 0.15) is 23.3 Å². The van der Waals surface area contributed by atoms with Crippen molar-refractivity contribution in [3.63, 3.8) is 0 Å². The average Bonchev–Trinajstić information content (AvgIpc) is 3.51. The van der Waals surface area contributed by atoms with E-state index < -0.39 is 17.6 Å². The second-order valence-corrected chi connectivity index (χ2v) is 8.53. The van der Waals surface area contributed by atoms with E-state index in [0.717, 1.165) is 29.9 Å². The normalized spacial score (nSPS) is 16.6. The van der Waals surface area contributed by atoms with Crippen molar-refractivity contribution in [2.45, 2.75) is 31.7 Å². The molecule has 4 rings (SSSR count). The molecular formula is C21H22F3N5O2S. The molecule has 0 bridgehead atoms. The Labute approximate surface area is 186 Å². The highest BCUT2D eigenvalue weighted by molar-refractivity contribution is 7.09. The molecule has 1 aliphatic heterocycles. The molecule has 0 radical (unpaired) electrons. The predicted molar refractivity (Wildman–Crippen MR) is 114 cm³/mol. The Morgan fingerprint density at radius 2 is 2.22 bits per heavy atom. The first-order valence-electron chi connectivity index (χ1n) is 10.1. The largest absolute Gasteiger partial charge is 0.416 e. The van der Waals surface area contributed by atoms with Gasteiger partial charge in [-0.15, -0.1) is 11.3 Å². The van der Waals surface area contributed by atoms with E-state index in [1.54, 1.807) is 11.3 Å². The minimum absolute atomic E-state index is 0.0171. The van der Waals surface area contributed by atoms with Gasteiger partial charge in [-0.2, -0.15) is 18.3 Å². The SMILES string of the molecule is O=C(CN(Cc1cccs1)C[C@@H]1CCCO1)Nc1cc(C(F)(F)F)ccc1-n1cncn1. The minimum atomic E-state index is -4.54. The number of carbonyl (C=O) groups is 1. The van der Waals surface area contributed by atoms with Crippen LogP contribution in [0.2, 0.25) is 0 Å². The lowest BCUT2D eigenvalue weighted by Gasteiger charge is -2.24. The molecule has 0 aliphatic carbocycles. The molecule has 3 aromatic rings. The van der Waals surface area contributed by atoms with Crippen molar-refractivity contribution in [3.05, 3.63) is 58.8 Å². The van der Waals surface area contributed by atoms with Crippen LogP contribution in [0.5, 0.6) is 0 Å². The van der Waals surface area contributed by atoms with Crippen LogP contribution in [0.15, 0.2) is 48.4 Å². The molecule has 2 aromatic heterocycles. The summed E-state index contributed by atoms with van der Waals surface area (Å²) in [6.45, 7) is 1.85. The molecule has 7 nitrogen and oxygen atoms in total. The number of halogens is 3. The summed E-state index contributed by atoms with van der Waals surface area (Å²) >= 11 is 1.59. The number of thiophene rings is 1. The number of amides is 1. The summed E-state index contributed by atoms with van der Waals surface area (Å²) in [5, 5.41) is 8.58. The fourth-order valence-corrected chi connectivity index (χ4v) is 4.37. The summed E-state index contributed by atoms with van der Waals surface area (Å²) in [5.74, 6) is -0.416. The van der Waals surface area contributed by atoms with Crippen molar-refractivity contribution in [1.82, 2.24) is 19.7 Å². The summed E-state index contributed by atoms with van der Waals surface area (Å²) in [5.41, 5.74) is -0.539. The first kappa shape index (κ1) is 22.4. The number of ether oxygens (including phenoxy) is 1. The summed E-state index contributed by atoms with van der Waals surface area (Å²) in [6, 6.07) is 7.06. The van der Waals surface area contributed by atoms with Crippen LogP contribution >= 0.6 is 11.3 Å². The smallest absolute Gasteiger partial charge is 0.377 e. The topological polar surface area (TPSA) is 72.3 Å². The van der Waals surface area contributed by atoms with Crippen LogP contribution < -0.4 is 5.32 Å². The number of hydrogen-bond acceptors (Lipinski definition) is 6. The summed E-state index contributed by atoms with van der Waals surface area (Å²) in [6.07, 6.45) is 0.0432. The highest BCUT2D eigenvalue weighted by Crippen LogP contribution is 2.33. The van der Waals surface area contributed by atoms with Gasteiger partial charge >= 0.3 is 6.18 Å². The molecule has 3 heterocycles. The monoisotopic (exact) mass is 465 g/mol. The molecule has 32 heavy (non-hydrogen) atoms. The van der Waals surface area contributed by atoms with Crippen LogP contribution in [-0.4, -0.2) is 51.4 Å². The lowest BCUT2D eigenvalue weighted by molar-refractivity contribution is -0.137. The number of alkyl halides is 3. The second-order valence-electron chi connectivity index (χ2n) is 7.50. The molecule has 1 saturated heterocycles. The van der Waals surface area contributed by atoms with Crippen LogP contribution in [-0.2, 0) is 22.3 Å². The Bertz CT molecular complexity index is 1020. The number of rotatable bonds is 8. The maximum atomic E-state index is 13.3. The molecule has 1 aliphatic rings. The molecule has 1 fully saturated rings. The van der Waals surface area contributed by atoms with Gasteiger partial charge < -0.3 is 10.1 Å². The predicted octanol–water partition coefficient (Wildman–Crippen LogP) is 3.97. The number of carbonyl (C=O) groups excluding carboxylic acids is 1. The molecule has 0 spiro atoms. The molecule has 170 valence electrons. The number of anilines is 1. The van der Waals surface area contributed by atoms with Gasteiger partial charge in [-0.05, 0) is 42.5 Å². The van der Waals surface area contributed by atoms with E-state index in [2.05, 4.69) is 15.4 Å². The fourth-order valence-electron chi connectivity index (χ4n) is 3.62. The zero-order valence-electron chi connectivity index (χ0n) is 17.1. The second kappa shape index (κ2) is 9.80. The van der Waals surface area contributed by atoms with E-state index in [4.69, 9.17) is 4.74 Å². The van der Waals surface area contributed by atoms with Crippen LogP contribution in [0, 0.1) is 0 Å². The van der Waals surface area contributed by atoms with Crippen LogP contribution in [0.4, 0.5) is 18.9 Å². The third kappa shape index (κ3) is 5.72. The van der Waals surface area contributed by atoms with E-state index in [1.807, 2.05) is 22.4 Å². The van der Waals surface area contributed by atoms with Gasteiger partial charge in [-0.25, -0.2) is 9.67 Å². The number of aromatic nitrogens is 3. The zero-order chi connectivity index (χ0) is 22.6. The Morgan fingerprint density at radius 3 is 2.88 bits per heavy atom. The van der Waals surface area contributed by atoms with Gasteiger partial charge in [-0.1, -0.05) is 6.07 Å². The summed E-state index contributed by atoms with van der Waals surface area (Å²) < 4.78 is 46.8. The van der Waals surface area contributed by atoms with Crippen molar-refractivity contribution >= 4 is 22.9 Å². The first-order valence-corrected chi connectivity index (χ1v) is 11.0. The molecule has 1 N–H and O–H groups in total.